The minimum Gasteiger partial charge on any atom is -0.452 e. The van der Waals surface area contributed by atoms with E-state index in [0.29, 0.717) is 13.1 Å². The molecule has 0 aliphatic heterocycles. The molecule has 0 radical (unpaired) electrons. The van der Waals surface area contributed by atoms with E-state index in [-0.39, 0.29) is 18.5 Å². The van der Waals surface area contributed by atoms with Crippen LogP contribution in [0, 0.1) is 0 Å². The van der Waals surface area contributed by atoms with Crippen LogP contribution in [0.2, 0.25) is 0 Å². The summed E-state index contributed by atoms with van der Waals surface area (Å²) < 4.78 is 6.75. The molecule has 1 aromatic heterocycles. The van der Waals surface area contributed by atoms with Gasteiger partial charge in [-0.15, -0.1) is 5.10 Å². The molecule has 7 heteroatoms. The van der Waals surface area contributed by atoms with Gasteiger partial charge in [0.2, 0.25) is 0 Å². The summed E-state index contributed by atoms with van der Waals surface area (Å²) in [4.78, 5) is 15.3. The van der Waals surface area contributed by atoms with E-state index in [9.17, 15) is 4.79 Å². The fourth-order valence-corrected chi connectivity index (χ4v) is 1.41. The number of nitrogens with two attached hydrogens (primary N) is 1. The highest BCUT2D eigenvalue weighted by Crippen LogP contribution is 2.07. The Balaban J connectivity index is 1.90. The summed E-state index contributed by atoms with van der Waals surface area (Å²) in [5.41, 5.74) is 6.14. The average molecular weight is 261 g/mol. The van der Waals surface area contributed by atoms with Gasteiger partial charge >= 0.3 is 6.01 Å². The third kappa shape index (κ3) is 3.78. The van der Waals surface area contributed by atoms with Gasteiger partial charge in [0.15, 0.2) is 6.61 Å². The normalized spacial score (nSPS) is 10.2. The van der Waals surface area contributed by atoms with Crippen LogP contribution in [0.5, 0.6) is 6.01 Å². The number of nitrogens with one attached hydrogen (secondary N) is 1. The van der Waals surface area contributed by atoms with Gasteiger partial charge in [0.05, 0.1) is 5.69 Å². The van der Waals surface area contributed by atoms with Gasteiger partial charge in [0.1, 0.15) is 6.33 Å². The van der Waals surface area contributed by atoms with Crippen molar-refractivity contribution in [2.45, 2.75) is 0 Å². The van der Waals surface area contributed by atoms with Crippen molar-refractivity contribution in [3.8, 4) is 11.7 Å². The van der Waals surface area contributed by atoms with E-state index in [0.717, 1.165) is 5.69 Å². The number of carbonyl (C=O) groups excluding carboxylic acids is 1. The Labute approximate surface area is 110 Å². The minimum atomic E-state index is -0.249. The molecule has 0 atom stereocenters. The Hall–Kier alpha value is -2.41. The fourth-order valence-electron chi connectivity index (χ4n) is 1.41. The molecule has 100 valence electrons. The Bertz CT molecular complexity index is 526. The number of hydrogen-bond donors (Lipinski definition) is 2. The highest BCUT2D eigenvalue weighted by Gasteiger charge is 2.06. The Kier molecular flexibility index (Phi) is 4.46. The molecule has 3 N–H and O–H groups in total. The number of aromatic nitrogens is 3. The SMILES string of the molecule is NCCNC(=O)COc1ncn(-c2ccccc2)n1. The van der Waals surface area contributed by atoms with Crippen molar-refractivity contribution in [3.05, 3.63) is 36.7 Å². The van der Waals surface area contributed by atoms with Crippen LogP contribution in [0.25, 0.3) is 5.69 Å². The number of ether oxygens (including phenoxy) is 1. The van der Waals surface area contributed by atoms with Gasteiger partial charge in [-0.05, 0) is 12.1 Å². The fraction of sp³-hybridized carbons (Fsp3) is 0.250. The number of nitrogens with zero attached hydrogens (tertiary/aromatic N) is 3. The molecule has 0 bridgehead atoms. The maximum absolute atomic E-state index is 11.3. The smallest absolute Gasteiger partial charge is 0.336 e. The molecule has 0 saturated carbocycles. The summed E-state index contributed by atoms with van der Waals surface area (Å²) in [6.45, 7) is 0.694. The zero-order chi connectivity index (χ0) is 13.5. The standard InChI is InChI=1S/C12H15N5O2/c13-6-7-14-11(18)8-19-12-15-9-17(16-12)10-4-2-1-3-5-10/h1-5,9H,6-8,13H2,(H,14,18). The number of rotatable bonds is 6. The summed E-state index contributed by atoms with van der Waals surface area (Å²) in [5, 5.41) is 6.70. The van der Waals surface area contributed by atoms with Gasteiger partial charge in [-0.2, -0.15) is 4.98 Å². The second kappa shape index (κ2) is 6.50. The Morgan fingerprint density at radius 2 is 2.16 bits per heavy atom. The van der Waals surface area contributed by atoms with Crippen molar-refractivity contribution in [1.82, 2.24) is 20.1 Å². The molecular weight excluding hydrogens is 246 g/mol. The van der Waals surface area contributed by atoms with Crippen molar-refractivity contribution in [2.75, 3.05) is 19.7 Å². The number of hydrogen-bond acceptors (Lipinski definition) is 5. The zero-order valence-electron chi connectivity index (χ0n) is 10.3. The van der Waals surface area contributed by atoms with E-state index in [1.165, 1.54) is 6.33 Å². The van der Waals surface area contributed by atoms with Crippen LogP contribution in [0.15, 0.2) is 36.7 Å². The Morgan fingerprint density at radius 3 is 2.89 bits per heavy atom. The second-order valence-electron chi connectivity index (χ2n) is 3.73. The molecule has 0 aliphatic rings. The second-order valence-corrected chi connectivity index (χ2v) is 3.73. The van der Waals surface area contributed by atoms with Crippen LogP contribution in [-0.2, 0) is 4.79 Å². The average Bonchev–Trinajstić information content (AvgIpc) is 2.93. The van der Waals surface area contributed by atoms with Crippen molar-refractivity contribution >= 4 is 5.91 Å². The largest absolute Gasteiger partial charge is 0.452 e. The molecule has 19 heavy (non-hydrogen) atoms. The van der Waals surface area contributed by atoms with E-state index < -0.39 is 0 Å². The summed E-state index contributed by atoms with van der Waals surface area (Å²) in [5.74, 6) is -0.249. The van der Waals surface area contributed by atoms with Crippen molar-refractivity contribution in [1.29, 1.82) is 0 Å². The third-order valence-electron chi connectivity index (χ3n) is 2.29. The van der Waals surface area contributed by atoms with Crippen LogP contribution in [0.3, 0.4) is 0 Å². The molecule has 0 unspecified atom stereocenters. The van der Waals surface area contributed by atoms with Crippen molar-refractivity contribution < 1.29 is 9.53 Å². The molecule has 0 fully saturated rings. The molecule has 1 amide bonds. The Morgan fingerprint density at radius 1 is 1.37 bits per heavy atom. The lowest BCUT2D eigenvalue weighted by molar-refractivity contribution is -0.123. The van der Waals surface area contributed by atoms with Crippen LogP contribution in [-0.4, -0.2) is 40.4 Å². The summed E-state index contributed by atoms with van der Waals surface area (Å²) in [6, 6.07) is 9.67. The number of carbonyl (C=O) groups is 1. The van der Waals surface area contributed by atoms with E-state index in [2.05, 4.69) is 15.4 Å². The van der Waals surface area contributed by atoms with Gasteiger partial charge in [0, 0.05) is 13.1 Å². The first kappa shape index (κ1) is 13.0. The number of benzene rings is 1. The zero-order valence-corrected chi connectivity index (χ0v) is 10.3. The molecular formula is C12H15N5O2. The lowest BCUT2D eigenvalue weighted by atomic mass is 10.3. The van der Waals surface area contributed by atoms with Crippen LogP contribution >= 0.6 is 0 Å². The van der Waals surface area contributed by atoms with Crippen LogP contribution < -0.4 is 15.8 Å². The predicted octanol–water partition coefficient (Wildman–Crippen LogP) is -0.279. The monoisotopic (exact) mass is 261 g/mol. The van der Waals surface area contributed by atoms with Crippen LogP contribution in [0.4, 0.5) is 0 Å². The van der Waals surface area contributed by atoms with E-state index >= 15 is 0 Å². The first-order valence-corrected chi connectivity index (χ1v) is 5.86. The van der Waals surface area contributed by atoms with Crippen molar-refractivity contribution in [3.63, 3.8) is 0 Å². The van der Waals surface area contributed by atoms with Gasteiger partial charge in [0.25, 0.3) is 5.91 Å². The highest BCUT2D eigenvalue weighted by atomic mass is 16.5. The molecule has 0 aliphatic carbocycles. The van der Waals surface area contributed by atoms with Gasteiger partial charge < -0.3 is 15.8 Å². The molecule has 0 spiro atoms. The van der Waals surface area contributed by atoms with E-state index in [1.54, 1.807) is 4.68 Å². The lowest BCUT2D eigenvalue weighted by Gasteiger charge is -2.03. The maximum atomic E-state index is 11.3. The molecule has 7 nitrogen and oxygen atoms in total. The summed E-state index contributed by atoms with van der Waals surface area (Å²) >= 11 is 0. The predicted molar refractivity (Wildman–Crippen MR) is 68.9 cm³/mol. The molecule has 2 aromatic rings. The topological polar surface area (TPSA) is 95.1 Å². The molecule has 1 aromatic carbocycles. The minimum absolute atomic E-state index is 0.126. The van der Waals surface area contributed by atoms with Gasteiger partial charge in [-0.25, -0.2) is 4.68 Å². The quantitative estimate of drug-likeness (QED) is 0.745. The third-order valence-corrected chi connectivity index (χ3v) is 2.29. The first-order valence-electron chi connectivity index (χ1n) is 5.86. The van der Waals surface area contributed by atoms with E-state index in [4.69, 9.17) is 10.5 Å². The van der Waals surface area contributed by atoms with Gasteiger partial charge in [-0.1, -0.05) is 18.2 Å². The first-order chi connectivity index (χ1) is 9.29. The summed E-state index contributed by atoms with van der Waals surface area (Å²) in [7, 11) is 0. The molecule has 1 heterocycles. The van der Waals surface area contributed by atoms with Crippen LogP contribution in [0.1, 0.15) is 0 Å². The highest BCUT2D eigenvalue weighted by molar-refractivity contribution is 5.77. The molecule has 2 rings (SSSR count). The van der Waals surface area contributed by atoms with E-state index in [1.807, 2.05) is 30.3 Å². The summed E-state index contributed by atoms with van der Waals surface area (Å²) in [6.07, 6.45) is 1.53. The van der Waals surface area contributed by atoms with Crippen molar-refractivity contribution in [2.24, 2.45) is 5.73 Å². The number of amides is 1. The maximum Gasteiger partial charge on any atom is 0.336 e. The molecule has 0 saturated heterocycles. The number of para-hydroxylation sites is 1. The van der Waals surface area contributed by atoms with Gasteiger partial charge in [-0.3, -0.25) is 4.79 Å². The lowest BCUT2D eigenvalue weighted by Crippen LogP contribution is -2.33.